The fourth-order valence-electron chi connectivity index (χ4n) is 1.36. The molecule has 74 valence electrons. The summed E-state index contributed by atoms with van der Waals surface area (Å²) < 4.78 is 12.6. The molecule has 0 spiro atoms. The molecule has 0 saturated carbocycles. The quantitative estimate of drug-likeness (QED) is 0.849. The van der Waals surface area contributed by atoms with Crippen LogP contribution < -0.4 is 5.14 Å². The molecule has 1 atom stereocenters. The largest absolute Gasteiger partial charge is 0.246 e. The van der Waals surface area contributed by atoms with E-state index in [9.17, 15) is 4.21 Å². The van der Waals surface area contributed by atoms with Crippen LogP contribution in [0.15, 0.2) is 22.5 Å². The number of thiazole rings is 1. The summed E-state index contributed by atoms with van der Waals surface area (Å²) in [6, 6.07) is 6.00. The molecular weight excluding hydrogens is 216 g/mol. The van der Waals surface area contributed by atoms with Gasteiger partial charge in [0.2, 0.25) is 0 Å². The topological polar surface area (TPSA) is 56.0 Å². The number of rotatable bonds is 2. The van der Waals surface area contributed by atoms with Crippen molar-refractivity contribution in [1.82, 2.24) is 4.98 Å². The van der Waals surface area contributed by atoms with Crippen LogP contribution in [0.1, 0.15) is 12.5 Å². The molecule has 1 unspecified atom stereocenters. The van der Waals surface area contributed by atoms with E-state index in [0.29, 0.717) is 4.34 Å². The number of hydrogen-bond acceptors (Lipinski definition) is 3. The van der Waals surface area contributed by atoms with Gasteiger partial charge in [-0.15, -0.1) is 11.3 Å². The molecule has 5 heteroatoms. The van der Waals surface area contributed by atoms with Gasteiger partial charge in [-0.3, -0.25) is 0 Å². The number of aromatic nitrogens is 1. The van der Waals surface area contributed by atoms with Gasteiger partial charge in [0.1, 0.15) is 0 Å². The van der Waals surface area contributed by atoms with Gasteiger partial charge in [0.25, 0.3) is 0 Å². The molecule has 2 aromatic rings. The minimum Gasteiger partial charge on any atom is -0.246 e. The van der Waals surface area contributed by atoms with Crippen molar-refractivity contribution < 1.29 is 4.21 Å². The molecule has 0 amide bonds. The standard InChI is InChI=1S/C9H10N2OS2/c1-2-6-4-3-5-7-8(6)11-9(13-7)14(10)12/h3-5H,2,10H2,1H3. The first-order valence-electron chi connectivity index (χ1n) is 4.27. The van der Waals surface area contributed by atoms with Crippen LogP contribution in [0.25, 0.3) is 10.2 Å². The average molecular weight is 226 g/mol. The molecular formula is C9H10N2OS2. The van der Waals surface area contributed by atoms with Crippen molar-refractivity contribution in [1.29, 1.82) is 0 Å². The summed E-state index contributed by atoms with van der Waals surface area (Å²) >= 11 is 1.40. The van der Waals surface area contributed by atoms with Gasteiger partial charge in [0.15, 0.2) is 15.3 Å². The Labute approximate surface area is 88.6 Å². The molecule has 1 aromatic heterocycles. The Morgan fingerprint density at radius 2 is 2.36 bits per heavy atom. The SMILES string of the molecule is CCc1cccc2sc(S(N)=O)nc12. The Morgan fingerprint density at radius 3 is 3.00 bits per heavy atom. The molecule has 0 aliphatic rings. The summed E-state index contributed by atoms with van der Waals surface area (Å²) in [6.45, 7) is 2.08. The van der Waals surface area contributed by atoms with Crippen LogP contribution in [0.3, 0.4) is 0 Å². The summed E-state index contributed by atoms with van der Waals surface area (Å²) in [4.78, 5) is 4.28. The lowest BCUT2D eigenvalue weighted by atomic mass is 10.1. The zero-order chi connectivity index (χ0) is 10.1. The molecule has 0 bridgehead atoms. The van der Waals surface area contributed by atoms with Crippen molar-refractivity contribution in [2.24, 2.45) is 5.14 Å². The Bertz CT molecular complexity index is 493. The molecule has 2 N–H and O–H groups in total. The van der Waals surface area contributed by atoms with Crippen LogP contribution in [-0.4, -0.2) is 9.19 Å². The first-order chi connectivity index (χ1) is 6.72. The highest BCUT2D eigenvalue weighted by Crippen LogP contribution is 2.26. The normalized spacial score (nSPS) is 13.3. The molecule has 0 aliphatic heterocycles. The lowest BCUT2D eigenvalue weighted by molar-refractivity contribution is 0.684. The molecule has 1 heterocycles. The summed E-state index contributed by atoms with van der Waals surface area (Å²) in [7, 11) is -1.46. The van der Waals surface area contributed by atoms with Crippen LogP contribution >= 0.6 is 11.3 Å². The highest BCUT2D eigenvalue weighted by atomic mass is 32.2. The van der Waals surface area contributed by atoms with E-state index in [-0.39, 0.29) is 0 Å². The maximum atomic E-state index is 11.1. The van der Waals surface area contributed by atoms with Crippen molar-refractivity contribution in [3.63, 3.8) is 0 Å². The summed E-state index contributed by atoms with van der Waals surface area (Å²) in [6.07, 6.45) is 0.928. The van der Waals surface area contributed by atoms with E-state index < -0.39 is 11.0 Å². The van der Waals surface area contributed by atoms with E-state index in [1.807, 2.05) is 18.2 Å². The monoisotopic (exact) mass is 226 g/mol. The fourth-order valence-corrected chi connectivity index (χ4v) is 2.88. The maximum Gasteiger partial charge on any atom is 0.197 e. The van der Waals surface area contributed by atoms with Crippen molar-refractivity contribution >= 4 is 32.5 Å². The average Bonchev–Trinajstić information content (AvgIpc) is 2.60. The highest BCUT2D eigenvalue weighted by Gasteiger charge is 2.09. The number of para-hydroxylation sites is 1. The molecule has 3 nitrogen and oxygen atoms in total. The molecule has 0 aliphatic carbocycles. The lowest BCUT2D eigenvalue weighted by Gasteiger charge is -1.95. The van der Waals surface area contributed by atoms with Crippen LogP contribution in [0.5, 0.6) is 0 Å². The second-order valence-electron chi connectivity index (χ2n) is 2.89. The fraction of sp³-hybridized carbons (Fsp3) is 0.222. The van der Waals surface area contributed by atoms with Crippen LogP contribution in [0.4, 0.5) is 0 Å². The van der Waals surface area contributed by atoms with Gasteiger partial charge in [-0.05, 0) is 18.1 Å². The number of fused-ring (bicyclic) bond motifs is 1. The van der Waals surface area contributed by atoms with Crippen molar-refractivity contribution in [2.75, 3.05) is 0 Å². The Balaban J connectivity index is 2.70. The molecule has 0 saturated heterocycles. The number of nitrogens with two attached hydrogens (primary N) is 1. The maximum absolute atomic E-state index is 11.1. The Hall–Kier alpha value is -0.780. The minimum absolute atomic E-state index is 0.501. The summed E-state index contributed by atoms with van der Waals surface area (Å²) in [5.41, 5.74) is 2.12. The van der Waals surface area contributed by atoms with E-state index in [2.05, 4.69) is 11.9 Å². The predicted molar refractivity (Wildman–Crippen MR) is 59.6 cm³/mol. The minimum atomic E-state index is -1.46. The predicted octanol–water partition coefficient (Wildman–Crippen LogP) is 1.84. The summed E-state index contributed by atoms with van der Waals surface area (Å²) in [5.74, 6) is 0. The smallest absolute Gasteiger partial charge is 0.197 e. The van der Waals surface area contributed by atoms with Gasteiger partial charge < -0.3 is 0 Å². The van der Waals surface area contributed by atoms with E-state index >= 15 is 0 Å². The third kappa shape index (κ3) is 1.58. The van der Waals surface area contributed by atoms with Gasteiger partial charge in [-0.1, -0.05) is 19.1 Å². The zero-order valence-corrected chi connectivity index (χ0v) is 9.32. The van der Waals surface area contributed by atoms with Crippen LogP contribution in [0.2, 0.25) is 0 Å². The summed E-state index contributed by atoms with van der Waals surface area (Å²) in [5, 5.41) is 5.29. The molecule has 14 heavy (non-hydrogen) atoms. The van der Waals surface area contributed by atoms with Gasteiger partial charge in [0, 0.05) is 0 Å². The van der Waals surface area contributed by atoms with Gasteiger partial charge >= 0.3 is 0 Å². The molecule has 2 rings (SSSR count). The first kappa shape index (κ1) is 9.76. The number of hydrogen-bond donors (Lipinski definition) is 1. The third-order valence-corrected chi connectivity index (χ3v) is 4.03. The van der Waals surface area contributed by atoms with Gasteiger partial charge in [-0.25, -0.2) is 14.3 Å². The number of nitrogens with zero attached hydrogens (tertiary/aromatic N) is 1. The second kappa shape index (κ2) is 3.76. The lowest BCUT2D eigenvalue weighted by Crippen LogP contribution is -2.01. The highest BCUT2D eigenvalue weighted by molar-refractivity contribution is 7.85. The number of benzene rings is 1. The molecule has 0 radical (unpaired) electrons. The van der Waals surface area contributed by atoms with E-state index in [1.54, 1.807) is 0 Å². The first-order valence-corrected chi connectivity index (χ1v) is 6.30. The Morgan fingerprint density at radius 1 is 1.57 bits per heavy atom. The second-order valence-corrected chi connectivity index (χ2v) is 5.17. The van der Waals surface area contributed by atoms with Gasteiger partial charge in [-0.2, -0.15) is 0 Å². The van der Waals surface area contributed by atoms with E-state index in [4.69, 9.17) is 5.14 Å². The number of aryl methyl sites for hydroxylation is 1. The molecule has 1 aromatic carbocycles. The van der Waals surface area contributed by atoms with Crippen molar-refractivity contribution in [2.45, 2.75) is 17.7 Å². The van der Waals surface area contributed by atoms with Gasteiger partial charge in [0.05, 0.1) is 10.2 Å². The Kier molecular flexibility index (Phi) is 2.62. The van der Waals surface area contributed by atoms with Crippen LogP contribution in [0, 0.1) is 0 Å². The zero-order valence-electron chi connectivity index (χ0n) is 7.69. The van der Waals surface area contributed by atoms with E-state index in [0.717, 1.165) is 16.6 Å². The van der Waals surface area contributed by atoms with E-state index in [1.165, 1.54) is 16.9 Å². The third-order valence-electron chi connectivity index (χ3n) is 2.04. The molecule has 0 fully saturated rings. The van der Waals surface area contributed by atoms with Crippen LogP contribution in [-0.2, 0) is 17.4 Å². The van der Waals surface area contributed by atoms with Crippen molar-refractivity contribution in [3.8, 4) is 0 Å². The van der Waals surface area contributed by atoms with Crippen molar-refractivity contribution in [3.05, 3.63) is 23.8 Å².